The summed E-state index contributed by atoms with van der Waals surface area (Å²) in [6.07, 6.45) is 2.25. The summed E-state index contributed by atoms with van der Waals surface area (Å²) < 4.78 is 35.4. The van der Waals surface area contributed by atoms with Crippen LogP contribution in [-0.4, -0.2) is 75.4 Å². The lowest BCUT2D eigenvalue weighted by Crippen LogP contribution is -2.51. The minimum absolute atomic E-state index is 0.0101. The molecule has 0 bridgehead atoms. The molecule has 1 aliphatic heterocycles. The highest BCUT2D eigenvalue weighted by atomic mass is 32.2. The molecule has 0 spiro atoms. The molecule has 8 nitrogen and oxygen atoms in total. The second-order valence-electron chi connectivity index (χ2n) is 10.4. The Morgan fingerprint density at radius 2 is 1.62 bits per heavy atom. The van der Waals surface area contributed by atoms with Gasteiger partial charge in [-0.25, -0.2) is 13.2 Å². The first-order chi connectivity index (χ1) is 19.2. The molecule has 0 N–H and O–H groups in total. The molecular formula is C31H36N4O4S. The van der Waals surface area contributed by atoms with E-state index in [1.165, 1.54) is 0 Å². The molecule has 0 atom stereocenters. The molecule has 1 aromatic heterocycles. The molecule has 0 radical (unpaired) electrons. The van der Waals surface area contributed by atoms with Gasteiger partial charge in [-0.05, 0) is 54.3 Å². The monoisotopic (exact) mass is 560 g/mol. The molecule has 40 heavy (non-hydrogen) atoms. The van der Waals surface area contributed by atoms with Crippen molar-refractivity contribution in [2.24, 2.45) is 0 Å². The number of furan rings is 1. The highest BCUT2D eigenvalue weighted by Crippen LogP contribution is 2.29. The van der Waals surface area contributed by atoms with E-state index >= 15 is 0 Å². The highest BCUT2D eigenvalue weighted by molar-refractivity contribution is 7.89. The summed E-state index contributed by atoms with van der Waals surface area (Å²) in [5.41, 5.74) is 4.59. The Kier molecular flexibility index (Phi) is 8.14. The number of urea groups is 1. The van der Waals surface area contributed by atoms with Gasteiger partial charge < -0.3 is 19.1 Å². The lowest BCUT2D eigenvalue weighted by atomic mass is 10.1. The summed E-state index contributed by atoms with van der Waals surface area (Å²) in [5, 5.41) is 0.801. The van der Waals surface area contributed by atoms with Crippen LogP contribution in [0.2, 0.25) is 0 Å². The van der Waals surface area contributed by atoms with E-state index in [0.29, 0.717) is 44.7 Å². The number of benzene rings is 3. The summed E-state index contributed by atoms with van der Waals surface area (Å²) in [5.74, 6) is 0. The van der Waals surface area contributed by atoms with Crippen molar-refractivity contribution in [3.63, 3.8) is 0 Å². The molecule has 0 aliphatic carbocycles. The number of aryl methyl sites for hydroxylation is 1. The lowest BCUT2D eigenvalue weighted by molar-refractivity contribution is 0.168. The normalized spacial score (nSPS) is 14.2. The number of hydrogen-bond acceptors (Lipinski definition) is 5. The molecule has 0 saturated carbocycles. The second kappa shape index (κ2) is 11.7. The maximum atomic E-state index is 14.1. The molecule has 2 amide bonds. The summed E-state index contributed by atoms with van der Waals surface area (Å²) in [6.45, 7) is 5.10. The number of fused-ring (bicyclic) bond motifs is 1. The number of piperazine rings is 1. The van der Waals surface area contributed by atoms with E-state index in [2.05, 4.69) is 4.90 Å². The number of rotatable bonds is 8. The van der Waals surface area contributed by atoms with Crippen LogP contribution in [0.25, 0.3) is 11.0 Å². The maximum absolute atomic E-state index is 14.1. The van der Waals surface area contributed by atoms with E-state index in [0.717, 1.165) is 27.8 Å². The first-order valence-corrected chi connectivity index (χ1v) is 15.0. The van der Waals surface area contributed by atoms with Crippen molar-refractivity contribution in [3.05, 3.63) is 95.7 Å². The molecule has 1 saturated heterocycles. The van der Waals surface area contributed by atoms with Crippen LogP contribution in [0.15, 0.2) is 88.4 Å². The van der Waals surface area contributed by atoms with Gasteiger partial charge in [0, 0.05) is 64.4 Å². The molecule has 1 fully saturated rings. The number of sulfonamides is 1. The smallest absolute Gasteiger partial charge is 0.319 e. The largest absolute Gasteiger partial charge is 0.464 e. The first-order valence-electron chi connectivity index (χ1n) is 13.5. The predicted molar refractivity (Wildman–Crippen MR) is 158 cm³/mol. The Hall–Kier alpha value is -3.82. The zero-order valence-electron chi connectivity index (χ0n) is 23.3. The van der Waals surface area contributed by atoms with Gasteiger partial charge in [0.15, 0.2) is 0 Å². The lowest BCUT2D eigenvalue weighted by Gasteiger charge is -2.38. The van der Waals surface area contributed by atoms with Gasteiger partial charge in [0.05, 0.1) is 11.2 Å². The molecular weight excluding hydrogens is 524 g/mol. The summed E-state index contributed by atoms with van der Waals surface area (Å²) >= 11 is 0. The Morgan fingerprint density at radius 1 is 0.925 bits per heavy atom. The van der Waals surface area contributed by atoms with E-state index in [-0.39, 0.29) is 17.5 Å². The van der Waals surface area contributed by atoms with E-state index in [9.17, 15) is 13.2 Å². The molecule has 210 valence electrons. The Morgan fingerprint density at radius 3 is 2.35 bits per heavy atom. The van der Waals surface area contributed by atoms with Gasteiger partial charge >= 0.3 is 6.03 Å². The van der Waals surface area contributed by atoms with Crippen molar-refractivity contribution in [3.8, 4) is 0 Å². The van der Waals surface area contributed by atoms with Crippen LogP contribution >= 0.6 is 0 Å². The number of carbonyl (C=O) groups is 1. The van der Waals surface area contributed by atoms with E-state index < -0.39 is 10.0 Å². The molecule has 9 heteroatoms. The number of amides is 2. The van der Waals surface area contributed by atoms with Crippen LogP contribution < -0.4 is 4.90 Å². The zero-order valence-corrected chi connectivity index (χ0v) is 24.1. The summed E-state index contributed by atoms with van der Waals surface area (Å²) in [4.78, 5) is 18.4. The highest BCUT2D eigenvalue weighted by Gasteiger charge is 2.28. The van der Waals surface area contributed by atoms with Crippen LogP contribution in [0.1, 0.15) is 16.7 Å². The number of carbonyl (C=O) groups excluding carboxylic acids is 1. The SMILES string of the molecule is Cc1coc2ccc(S(=O)(=O)N(CCc3ccccc3)Cc3ccccc3N3CCN(C(=O)N(C)C)CC3)cc12. The predicted octanol–water partition coefficient (Wildman–Crippen LogP) is 4.98. The molecule has 3 aromatic carbocycles. The fourth-order valence-corrected chi connectivity index (χ4v) is 6.64. The second-order valence-corrected chi connectivity index (χ2v) is 12.4. The standard InChI is InChI=1S/C31H36N4O4S/c1-24-23-39-30-14-13-27(21-28(24)30)40(37,38)35(16-15-25-9-5-4-6-10-25)22-26-11-7-8-12-29(26)33-17-19-34(20-18-33)31(36)32(2)3/h4-14,21,23H,15-20,22H2,1-3H3. The van der Waals surface area contributed by atoms with Crippen LogP contribution in [0.4, 0.5) is 10.5 Å². The third-order valence-corrected chi connectivity index (χ3v) is 9.32. The number of para-hydroxylation sites is 1. The van der Waals surface area contributed by atoms with Crippen LogP contribution in [0, 0.1) is 6.92 Å². The Balaban J connectivity index is 1.43. The molecule has 4 aromatic rings. The van der Waals surface area contributed by atoms with Crippen molar-refractivity contribution in [2.75, 3.05) is 51.7 Å². The quantitative estimate of drug-likeness (QED) is 0.304. The molecule has 2 heterocycles. The van der Waals surface area contributed by atoms with Crippen LogP contribution in [0.3, 0.4) is 0 Å². The number of anilines is 1. The number of hydrogen-bond donors (Lipinski definition) is 0. The van der Waals surface area contributed by atoms with Gasteiger partial charge in [0.25, 0.3) is 0 Å². The summed E-state index contributed by atoms with van der Waals surface area (Å²) in [7, 11) is -0.290. The van der Waals surface area contributed by atoms with Crippen LogP contribution in [-0.2, 0) is 23.0 Å². The van der Waals surface area contributed by atoms with Gasteiger partial charge in [0.2, 0.25) is 10.0 Å². The Labute approximate surface area is 236 Å². The van der Waals surface area contributed by atoms with Gasteiger partial charge in [-0.1, -0.05) is 48.5 Å². The average molecular weight is 561 g/mol. The third kappa shape index (κ3) is 5.85. The van der Waals surface area contributed by atoms with E-state index in [4.69, 9.17) is 4.42 Å². The fraction of sp³-hybridized carbons (Fsp3) is 0.323. The van der Waals surface area contributed by atoms with Crippen molar-refractivity contribution in [2.45, 2.75) is 24.8 Å². The molecule has 5 rings (SSSR count). The van der Waals surface area contributed by atoms with Gasteiger partial charge in [-0.15, -0.1) is 0 Å². The number of nitrogens with zero attached hydrogens (tertiary/aromatic N) is 4. The molecule has 1 aliphatic rings. The third-order valence-electron chi connectivity index (χ3n) is 7.48. The van der Waals surface area contributed by atoms with E-state index in [1.54, 1.807) is 47.8 Å². The van der Waals surface area contributed by atoms with Crippen molar-refractivity contribution in [1.82, 2.24) is 14.1 Å². The fourth-order valence-electron chi connectivity index (χ4n) is 5.19. The molecule has 0 unspecified atom stereocenters. The Bertz CT molecular complexity index is 1580. The van der Waals surface area contributed by atoms with Gasteiger partial charge in [-0.2, -0.15) is 4.31 Å². The van der Waals surface area contributed by atoms with Crippen LogP contribution in [0.5, 0.6) is 0 Å². The van der Waals surface area contributed by atoms with Crippen molar-refractivity contribution >= 4 is 32.7 Å². The average Bonchev–Trinajstić information content (AvgIpc) is 3.35. The van der Waals surface area contributed by atoms with Gasteiger partial charge in [-0.3, -0.25) is 0 Å². The van der Waals surface area contributed by atoms with Crippen molar-refractivity contribution < 1.29 is 17.6 Å². The maximum Gasteiger partial charge on any atom is 0.319 e. The van der Waals surface area contributed by atoms with E-state index in [1.807, 2.05) is 66.4 Å². The minimum atomic E-state index is -3.82. The first kappa shape index (κ1) is 27.7. The van der Waals surface area contributed by atoms with Crippen molar-refractivity contribution in [1.29, 1.82) is 0 Å². The summed E-state index contributed by atoms with van der Waals surface area (Å²) in [6, 6.07) is 23.0. The minimum Gasteiger partial charge on any atom is -0.464 e. The van der Waals surface area contributed by atoms with Gasteiger partial charge in [0.1, 0.15) is 5.58 Å². The topological polar surface area (TPSA) is 77.3 Å². The zero-order chi connectivity index (χ0) is 28.3.